The van der Waals surface area contributed by atoms with Crippen LogP contribution in [0.5, 0.6) is 5.75 Å². The van der Waals surface area contributed by atoms with E-state index in [0.717, 1.165) is 20.4 Å². The van der Waals surface area contributed by atoms with Gasteiger partial charge >= 0.3 is 0 Å². The molecular formula is C18H20INO3. The number of hydrogen-bond acceptors (Lipinski definition) is 3. The Morgan fingerprint density at radius 1 is 1.13 bits per heavy atom. The molecule has 2 aromatic carbocycles. The number of carbonyl (C=O) groups excluding carboxylic acids is 1. The van der Waals surface area contributed by atoms with Gasteiger partial charge in [-0.3, -0.25) is 9.63 Å². The average molecular weight is 425 g/mol. The van der Waals surface area contributed by atoms with Crippen molar-refractivity contribution in [2.75, 3.05) is 14.2 Å². The van der Waals surface area contributed by atoms with E-state index in [2.05, 4.69) is 28.7 Å². The second-order valence-corrected chi connectivity index (χ2v) is 6.28. The predicted octanol–water partition coefficient (Wildman–Crippen LogP) is 3.82. The number of nitrogens with zero attached hydrogens (tertiary/aromatic N) is 1. The average Bonchev–Trinajstić information content (AvgIpc) is 2.59. The normalized spacial score (nSPS) is 10.4. The minimum Gasteiger partial charge on any atom is -0.488 e. The van der Waals surface area contributed by atoms with Crippen molar-refractivity contribution in [1.82, 2.24) is 5.06 Å². The van der Waals surface area contributed by atoms with E-state index in [-0.39, 0.29) is 5.91 Å². The van der Waals surface area contributed by atoms with E-state index in [1.165, 1.54) is 12.2 Å². The van der Waals surface area contributed by atoms with Gasteiger partial charge in [0.1, 0.15) is 12.4 Å². The highest BCUT2D eigenvalue weighted by Gasteiger charge is 2.09. The van der Waals surface area contributed by atoms with Crippen molar-refractivity contribution < 1.29 is 14.4 Å². The molecule has 2 rings (SSSR count). The first-order valence-electron chi connectivity index (χ1n) is 7.36. The molecule has 0 aliphatic rings. The monoisotopic (exact) mass is 425 g/mol. The minimum atomic E-state index is -0.0353. The smallest absolute Gasteiger partial charge is 0.246 e. The Morgan fingerprint density at radius 2 is 1.87 bits per heavy atom. The van der Waals surface area contributed by atoms with Crippen LogP contribution in [0.4, 0.5) is 0 Å². The van der Waals surface area contributed by atoms with Crippen molar-refractivity contribution in [2.45, 2.75) is 19.4 Å². The molecule has 1 amide bonds. The van der Waals surface area contributed by atoms with Crippen LogP contribution in [0.15, 0.2) is 48.5 Å². The minimum absolute atomic E-state index is 0.0353. The van der Waals surface area contributed by atoms with Gasteiger partial charge < -0.3 is 4.74 Å². The quantitative estimate of drug-likeness (QED) is 0.500. The van der Waals surface area contributed by atoms with Crippen LogP contribution in [0, 0.1) is 3.57 Å². The molecule has 0 aliphatic heterocycles. The standard InChI is InChI=1S/C18H20INO3/c1-20(22-2)18(21)11-9-14-8-10-17(16(19)12-14)23-13-15-6-4-3-5-7-15/h3-8,10,12H,9,11,13H2,1-2H3. The van der Waals surface area contributed by atoms with E-state index in [9.17, 15) is 4.79 Å². The zero-order chi connectivity index (χ0) is 16.7. The fourth-order valence-corrected chi connectivity index (χ4v) is 2.80. The van der Waals surface area contributed by atoms with E-state index in [4.69, 9.17) is 9.57 Å². The maximum absolute atomic E-state index is 11.7. The molecule has 2 aromatic rings. The van der Waals surface area contributed by atoms with Crippen molar-refractivity contribution >= 4 is 28.5 Å². The van der Waals surface area contributed by atoms with Gasteiger partial charge in [0.05, 0.1) is 10.7 Å². The third-order valence-electron chi connectivity index (χ3n) is 3.49. The van der Waals surface area contributed by atoms with Crippen LogP contribution in [-0.4, -0.2) is 25.1 Å². The molecule has 0 spiro atoms. The molecule has 0 unspecified atom stereocenters. The molecule has 0 N–H and O–H groups in total. The number of ether oxygens (including phenoxy) is 1. The summed E-state index contributed by atoms with van der Waals surface area (Å²) in [4.78, 5) is 16.6. The van der Waals surface area contributed by atoms with Crippen molar-refractivity contribution in [3.63, 3.8) is 0 Å². The molecule has 5 heteroatoms. The molecule has 23 heavy (non-hydrogen) atoms. The third kappa shape index (κ3) is 5.51. The van der Waals surface area contributed by atoms with Crippen molar-refractivity contribution in [3.05, 3.63) is 63.2 Å². The molecular weight excluding hydrogens is 405 g/mol. The van der Waals surface area contributed by atoms with Gasteiger partial charge in [0.25, 0.3) is 0 Å². The molecule has 0 aromatic heterocycles. The van der Waals surface area contributed by atoms with Gasteiger partial charge in [0.15, 0.2) is 0 Å². The van der Waals surface area contributed by atoms with Crippen LogP contribution in [0.2, 0.25) is 0 Å². The summed E-state index contributed by atoms with van der Waals surface area (Å²) < 4.78 is 6.90. The summed E-state index contributed by atoms with van der Waals surface area (Å²) in [7, 11) is 3.10. The number of halogens is 1. The van der Waals surface area contributed by atoms with Crippen molar-refractivity contribution in [1.29, 1.82) is 0 Å². The van der Waals surface area contributed by atoms with Gasteiger partial charge in [0, 0.05) is 13.5 Å². The second-order valence-electron chi connectivity index (χ2n) is 5.11. The number of hydrogen-bond donors (Lipinski definition) is 0. The molecule has 0 saturated heterocycles. The molecule has 0 aliphatic carbocycles. The third-order valence-corrected chi connectivity index (χ3v) is 4.33. The van der Waals surface area contributed by atoms with Crippen molar-refractivity contribution in [3.8, 4) is 5.75 Å². The number of hydroxylamine groups is 2. The van der Waals surface area contributed by atoms with Crippen molar-refractivity contribution in [2.24, 2.45) is 0 Å². The summed E-state index contributed by atoms with van der Waals surface area (Å²) in [6.45, 7) is 0.549. The zero-order valence-electron chi connectivity index (χ0n) is 13.3. The van der Waals surface area contributed by atoms with E-state index < -0.39 is 0 Å². The molecule has 0 fully saturated rings. The summed E-state index contributed by atoms with van der Waals surface area (Å²) in [5.74, 6) is 0.824. The lowest BCUT2D eigenvalue weighted by molar-refractivity contribution is -0.168. The van der Waals surface area contributed by atoms with Crippen LogP contribution >= 0.6 is 22.6 Å². The largest absolute Gasteiger partial charge is 0.488 e. The molecule has 0 radical (unpaired) electrons. The molecule has 0 heterocycles. The fraction of sp³-hybridized carbons (Fsp3) is 0.278. The van der Waals surface area contributed by atoms with Crippen LogP contribution in [0.1, 0.15) is 17.5 Å². The van der Waals surface area contributed by atoms with Crippen LogP contribution < -0.4 is 4.74 Å². The maximum atomic E-state index is 11.7. The molecule has 0 saturated carbocycles. The Hall–Kier alpha value is -1.60. The predicted molar refractivity (Wildman–Crippen MR) is 98.0 cm³/mol. The Labute approximate surface area is 150 Å². The number of benzene rings is 2. The number of aryl methyl sites for hydroxylation is 1. The number of carbonyl (C=O) groups is 1. The summed E-state index contributed by atoms with van der Waals surface area (Å²) in [5.41, 5.74) is 2.25. The van der Waals surface area contributed by atoms with Crippen LogP contribution in [0.25, 0.3) is 0 Å². The zero-order valence-corrected chi connectivity index (χ0v) is 15.4. The van der Waals surface area contributed by atoms with Gasteiger partial charge in [-0.2, -0.15) is 0 Å². The topological polar surface area (TPSA) is 38.8 Å². The first-order chi connectivity index (χ1) is 11.1. The van der Waals surface area contributed by atoms with E-state index in [1.807, 2.05) is 42.5 Å². The van der Waals surface area contributed by atoms with E-state index in [1.54, 1.807) is 7.05 Å². The van der Waals surface area contributed by atoms with Gasteiger partial charge in [-0.05, 0) is 52.3 Å². The first-order valence-corrected chi connectivity index (χ1v) is 8.44. The maximum Gasteiger partial charge on any atom is 0.246 e. The lowest BCUT2D eigenvalue weighted by atomic mass is 10.1. The highest BCUT2D eigenvalue weighted by molar-refractivity contribution is 14.1. The van der Waals surface area contributed by atoms with E-state index >= 15 is 0 Å². The summed E-state index contributed by atoms with van der Waals surface area (Å²) in [6, 6.07) is 16.1. The van der Waals surface area contributed by atoms with Gasteiger partial charge in [0.2, 0.25) is 5.91 Å². The molecule has 4 nitrogen and oxygen atoms in total. The molecule has 122 valence electrons. The van der Waals surface area contributed by atoms with Gasteiger partial charge in [-0.1, -0.05) is 36.4 Å². The Morgan fingerprint density at radius 3 is 2.52 bits per heavy atom. The highest BCUT2D eigenvalue weighted by Crippen LogP contribution is 2.24. The number of rotatable bonds is 7. The Kier molecular flexibility index (Phi) is 6.85. The Bertz CT molecular complexity index is 646. The molecule has 0 atom stereocenters. The second kappa shape index (κ2) is 8.88. The lowest BCUT2D eigenvalue weighted by Gasteiger charge is -2.14. The summed E-state index contributed by atoms with van der Waals surface area (Å²) in [6.07, 6.45) is 1.10. The van der Waals surface area contributed by atoms with Gasteiger partial charge in [-0.25, -0.2) is 5.06 Å². The van der Waals surface area contributed by atoms with E-state index in [0.29, 0.717) is 19.4 Å². The SMILES string of the molecule is CON(C)C(=O)CCc1ccc(OCc2ccccc2)c(I)c1. The fourth-order valence-electron chi connectivity index (χ4n) is 2.06. The lowest BCUT2D eigenvalue weighted by Crippen LogP contribution is -2.25. The summed E-state index contributed by atoms with van der Waals surface area (Å²) in [5, 5.41) is 1.25. The van der Waals surface area contributed by atoms with Gasteiger partial charge in [-0.15, -0.1) is 0 Å². The summed E-state index contributed by atoms with van der Waals surface area (Å²) >= 11 is 2.26. The van der Waals surface area contributed by atoms with Crippen LogP contribution in [0.3, 0.4) is 0 Å². The van der Waals surface area contributed by atoms with Crippen LogP contribution in [-0.2, 0) is 22.7 Å². The molecule has 0 bridgehead atoms. The first kappa shape index (κ1) is 17.7. The number of amides is 1. The highest BCUT2D eigenvalue weighted by atomic mass is 127. The Balaban J connectivity index is 1.91.